The summed E-state index contributed by atoms with van der Waals surface area (Å²) in [7, 11) is 0. The van der Waals surface area contributed by atoms with E-state index in [4.69, 9.17) is 0 Å². The van der Waals surface area contributed by atoms with Crippen molar-refractivity contribution < 1.29 is 0 Å². The highest BCUT2D eigenvalue weighted by Gasteiger charge is 2.21. The van der Waals surface area contributed by atoms with Gasteiger partial charge < -0.3 is 0 Å². The molecule has 0 radical (unpaired) electrons. The molecule has 1 saturated carbocycles. The molecule has 1 nitrogen and oxygen atoms in total. The number of benzene rings is 1. The number of nitrogens with zero attached hydrogens (tertiary/aromatic N) is 1. The van der Waals surface area contributed by atoms with Crippen LogP contribution in [0.4, 0.5) is 0 Å². The minimum Gasteiger partial charge on any atom is -0.256 e. The molecule has 1 fully saturated rings. The normalized spacial score (nSPS) is 20.4. The van der Waals surface area contributed by atoms with Crippen LogP contribution in [0.3, 0.4) is 0 Å². The summed E-state index contributed by atoms with van der Waals surface area (Å²) in [5, 5.41) is 0. The van der Waals surface area contributed by atoms with Crippen LogP contribution < -0.4 is 0 Å². The highest BCUT2D eigenvalue weighted by Crippen LogP contribution is 2.38. The second-order valence-corrected chi connectivity index (χ2v) is 7.53. The van der Waals surface area contributed by atoms with E-state index in [2.05, 4.69) is 54.9 Å². The van der Waals surface area contributed by atoms with Crippen LogP contribution in [0.5, 0.6) is 0 Å². The molecule has 0 bridgehead atoms. The molecule has 0 saturated heterocycles. The molecule has 0 unspecified atom stereocenters. The molecule has 1 aromatic carbocycles. The first-order valence-electron chi connectivity index (χ1n) is 9.96. The van der Waals surface area contributed by atoms with Crippen molar-refractivity contribution in [2.75, 3.05) is 0 Å². The lowest BCUT2D eigenvalue weighted by atomic mass is 9.77. The zero-order chi connectivity index (χ0) is 17.5. The van der Waals surface area contributed by atoms with Crippen molar-refractivity contribution >= 4 is 0 Å². The molecule has 2 aromatic rings. The third-order valence-electron chi connectivity index (χ3n) is 5.70. The molecule has 3 rings (SSSR count). The van der Waals surface area contributed by atoms with Gasteiger partial charge in [0.2, 0.25) is 0 Å². The molecule has 25 heavy (non-hydrogen) atoms. The minimum absolute atomic E-state index is 0.759. The maximum atomic E-state index is 4.60. The van der Waals surface area contributed by atoms with E-state index in [0.717, 1.165) is 24.0 Å². The lowest BCUT2D eigenvalue weighted by molar-refractivity contribution is 0.304. The van der Waals surface area contributed by atoms with E-state index in [1.807, 2.05) is 12.3 Å². The number of hydrogen-bond acceptors (Lipinski definition) is 1. The van der Waals surface area contributed by atoms with Crippen LogP contribution in [0.25, 0.3) is 11.3 Å². The monoisotopic (exact) mass is 333 g/mol. The molecule has 1 aliphatic carbocycles. The van der Waals surface area contributed by atoms with Crippen molar-refractivity contribution in [3.63, 3.8) is 0 Å². The van der Waals surface area contributed by atoms with E-state index in [9.17, 15) is 0 Å². The molecule has 132 valence electrons. The van der Waals surface area contributed by atoms with E-state index >= 15 is 0 Å². The van der Waals surface area contributed by atoms with E-state index in [1.165, 1.54) is 61.6 Å². The van der Waals surface area contributed by atoms with Crippen LogP contribution >= 0.6 is 0 Å². The lowest BCUT2D eigenvalue weighted by Crippen LogP contribution is -2.13. The maximum absolute atomic E-state index is 4.60. The summed E-state index contributed by atoms with van der Waals surface area (Å²) in [4.78, 5) is 4.60. The number of rotatable bonds is 7. The molecule has 1 heteroatoms. The van der Waals surface area contributed by atoms with Gasteiger partial charge in [-0.05, 0) is 61.1 Å². The van der Waals surface area contributed by atoms with Crippen molar-refractivity contribution in [1.82, 2.24) is 4.98 Å². The van der Waals surface area contributed by atoms with Crippen molar-refractivity contribution in [1.29, 1.82) is 0 Å². The summed E-state index contributed by atoms with van der Waals surface area (Å²) >= 11 is 0. The Bertz CT molecular complexity index is 645. The molecular formula is C24H31N. The maximum Gasteiger partial charge on any atom is 0.0702 e. The van der Waals surface area contributed by atoms with Gasteiger partial charge in [0, 0.05) is 11.8 Å². The molecule has 0 amide bonds. The fourth-order valence-electron chi connectivity index (χ4n) is 4.09. The molecule has 1 heterocycles. The van der Waals surface area contributed by atoms with Crippen LogP contribution in [0, 0.1) is 5.92 Å². The third-order valence-corrected chi connectivity index (χ3v) is 5.70. The van der Waals surface area contributed by atoms with Crippen LogP contribution in [0.15, 0.2) is 55.3 Å². The Morgan fingerprint density at radius 2 is 1.80 bits per heavy atom. The minimum atomic E-state index is 0.759. The fourth-order valence-corrected chi connectivity index (χ4v) is 4.09. The van der Waals surface area contributed by atoms with Crippen LogP contribution in [-0.4, -0.2) is 4.98 Å². The summed E-state index contributed by atoms with van der Waals surface area (Å²) in [5.41, 5.74) is 5.00. The van der Waals surface area contributed by atoms with Crippen LogP contribution in [0.1, 0.15) is 68.9 Å². The average molecular weight is 334 g/mol. The number of pyridine rings is 1. The van der Waals surface area contributed by atoms with Gasteiger partial charge in [0.1, 0.15) is 0 Å². The Kier molecular flexibility index (Phi) is 6.44. The zero-order valence-corrected chi connectivity index (χ0v) is 15.6. The van der Waals surface area contributed by atoms with E-state index in [-0.39, 0.29) is 0 Å². The Balaban J connectivity index is 1.60. The molecule has 0 spiro atoms. The molecule has 0 aliphatic heterocycles. The van der Waals surface area contributed by atoms with Crippen LogP contribution in [-0.2, 0) is 6.42 Å². The number of aromatic nitrogens is 1. The predicted octanol–water partition coefficient (Wildman–Crippen LogP) is 6.94. The Labute approximate surface area is 153 Å². The smallest absolute Gasteiger partial charge is 0.0702 e. The predicted molar refractivity (Wildman–Crippen MR) is 108 cm³/mol. The standard InChI is InChI=1S/C24H31N/c1-3-5-7-19-8-11-21(12-9-19)22-13-15-23(16-14-22)24-17-10-20(6-4-2)18-25-24/h4,10,13-19,21H,2-3,5-9,11-12H2,1H3. The quantitative estimate of drug-likeness (QED) is 0.500. The molecule has 1 aliphatic rings. The van der Waals surface area contributed by atoms with Crippen molar-refractivity contribution in [2.45, 2.75) is 64.2 Å². The van der Waals surface area contributed by atoms with Gasteiger partial charge in [-0.3, -0.25) is 4.98 Å². The van der Waals surface area contributed by atoms with Gasteiger partial charge in [0.25, 0.3) is 0 Å². The molecule has 0 N–H and O–H groups in total. The summed E-state index contributed by atoms with van der Waals surface area (Å²) in [5.74, 6) is 1.74. The second-order valence-electron chi connectivity index (χ2n) is 7.53. The first-order chi connectivity index (χ1) is 12.3. The first kappa shape index (κ1) is 17.9. The van der Waals surface area contributed by atoms with Gasteiger partial charge >= 0.3 is 0 Å². The Hall–Kier alpha value is -1.89. The lowest BCUT2D eigenvalue weighted by Gasteiger charge is -2.29. The number of allylic oxidation sites excluding steroid dienone is 1. The van der Waals surface area contributed by atoms with E-state index in [0.29, 0.717) is 0 Å². The fraction of sp³-hybridized carbons (Fsp3) is 0.458. The first-order valence-corrected chi connectivity index (χ1v) is 9.96. The summed E-state index contributed by atoms with van der Waals surface area (Å²) in [6.45, 7) is 6.08. The largest absolute Gasteiger partial charge is 0.256 e. The van der Waals surface area contributed by atoms with Gasteiger partial charge in [-0.1, -0.05) is 62.6 Å². The van der Waals surface area contributed by atoms with Crippen LogP contribution in [0.2, 0.25) is 0 Å². The number of unbranched alkanes of at least 4 members (excludes halogenated alkanes) is 1. The van der Waals surface area contributed by atoms with Gasteiger partial charge in [-0.15, -0.1) is 6.58 Å². The highest BCUT2D eigenvalue weighted by atomic mass is 14.7. The van der Waals surface area contributed by atoms with Gasteiger partial charge in [-0.2, -0.15) is 0 Å². The zero-order valence-electron chi connectivity index (χ0n) is 15.6. The second kappa shape index (κ2) is 8.99. The van der Waals surface area contributed by atoms with Crippen molar-refractivity contribution in [3.05, 3.63) is 66.4 Å². The molecular weight excluding hydrogens is 302 g/mol. The van der Waals surface area contributed by atoms with E-state index in [1.54, 1.807) is 0 Å². The highest BCUT2D eigenvalue weighted by molar-refractivity contribution is 5.59. The SMILES string of the molecule is C=CCc1ccc(-c2ccc(C3CCC(CCCC)CC3)cc2)nc1. The van der Waals surface area contributed by atoms with Crippen molar-refractivity contribution in [3.8, 4) is 11.3 Å². The van der Waals surface area contributed by atoms with Gasteiger partial charge in [0.05, 0.1) is 5.69 Å². The van der Waals surface area contributed by atoms with Gasteiger partial charge in [0.15, 0.2) is 0 Å². The molecule has 0 atom stereocenters. The summed E-state index contributed by atoms with van der Waals surface area (Å²) in [6.07, 6.45) is 14.5. The summed E-state index contributed by atoms with van der Waals surface area (Å²) < 4.78 is 0. The van der Waals surface area contributed by atoms with Crippen molar-refractivity contribution in [2.24, 2.45) is 5.92 Å². The third kappa shape index (κ3) is 4.81. The molecule has 1 aromatic heterocycles. The Morgan fingerprint density at radius 3 is 2.40 bits per heavy atom. The summed E-state index contributed by atoms with van der Waals surface area (Å²) in [6, 6.07) is 13.4. The number of hydrogen-bond donors (Lipinski definition) is 0. The van der Waals surface area contributed by atoms with E-state index < -0.39 is 0 Å². The van der Waals surface area contributed by atoms with Gasteiger partial charge in [-0.25, -0.2) is 0 Å². The Morgan fingerprint density at radius 1 is 1.04 bits per heavy atom. The topological polar surface area (TPSA) is 12.9 Å². The average Bonchev–Trinajstić information content (AvgIpc) is 2.68.